The van der Waals surface area contributed by atoms with Crippen molar-refractivity contribution in [1.29, 1.82) is 0 Å². The molecule has 0 aliphatic heterocycles. The van der Waals surface area contributed by atoms with Crippen LogP contribution in [-0.2, 0) is 0 Å². The zero-order valence-electron chi connectivity index (χ0n) is 9.78. The first-order valence-corrected chi connectivity index (χ1v) is 5.37. The standard InChI is InChI=1S/C6H12.C6H14/c1-5-3-4-6(5)2;1-5-6(2,3)4/h5-6H,3-4H2,1-2H3;5H2,1-4H3. The Morgan fingerprint density at radius 3 is 1.25 bits per heavy atom. The highest BCUT2D eigenvalue weighted by Crippen LogP contribution is 2.32. The van der Waals surface area contributed by atoms with Crippen LogP contribution in [0.1, 0.15) is 60.8 Å². The largest absolute Gasteiger partial charge is 0.0649 e. The van der Waals surface area contributed by atoms with Crippen molar-refractivity contribution in [3.05, 3.63) is 0 Å². The van der Waals surface area contributed by atoms with Gasteiger partial charge in [0.2, 0.25) is 0 Å². The molecule has 1 saturated carbocycles. The minimum absolute atomic E-state index is 0.542. The average Bonchev–Trinajstić information content (AvgIpc) is 2.01. The summed E-state index contributed by atoms with van der Waals surface area (Å²) in [5.74, 6) is 2.06. The highest BCUT2D eigenvalue weighted by molar-refractivity contribution is 4.71. The van der Waals surface area contributed by atoms with Crippen LogP contribution in [0.4, 0.5) is 0 Å². The molecule has 0 saturated heterocycles. The molecule has 0 aromatic carbocycles. The maximum absolute atomic E-state index is 2.33. The molecule has 12 heavy (non-hydrogen) atoms. The number of hydrogen-bond acceptors (Lipinski definition) is 0. The molecule has 0 radical (unpaired) electrons. The fourth-order valence-electron chi connectivity index (χ4n) is 0.833. The van der Waals surface area contributed by atoms with E-state index in [4.69, 9.17) is 0 Å². The molecule has 74 valence electrons. The summed E-state index contributed by atoms with van der Waals surface area (Å²) in [4.78, 5) is 0. The van der Waals surface area contributed by atoms with E-state index in [-0.39, 0.29) is 0 Å². The Kier molecular flexibility index (Phi) is 4.89. The highest BCUT2D eigenvalue weighted by atomic mass is 14.3. The lowest BCUT2D eigenvalue weighted by Crippen LogP contribution is -2.18. The predicted octanol–water partition coefficient (Wildman–Crippen LogP) is 4.49. The SMILES string of the molecule is CC1CCC1C.CCC(C)(C)C. The Morgan fingerprint density at radius 1 is 1.00 bits per heavy atom. The maximum atomic E-state index is 2.33. The molecule has 1 aliphatic carbocycles. The molecule has 0 heteroatoms. The summed E-state index contributed by atoms with van der Waals surface area (Å²) in [7, 11) is 0. The number of hydrogen-bond donors (Lipinski definition) is 0. The summed E-state index contributed by atoms with van der Waals surface area (Å²) >= 11 is 0. The predicted molar refractivity (Wildman–Crippen MR) is 57.3 cm³/mol. The van der Waals surface area contributed by atoms with E-state index in [1.807, 2.05) is 0 Å². The van der Waals surface area contributed by atoms with Crippen molar-refractivity contribution in [2.75, 3.05) is 0 Å². The van der Waals surface area contributed by atoms with Crippen LogP contribution >= 0.6 is 0 Å². The van der Waals surface area contributed by atoms with Gasteiger partial charge in [-0.15, -0.1) is 0 Å². The first-order chi connectivity index (χ1) is 5.37. The van der Waals surface area contributed by atoms with Gasteiger partial charge in [-0.2, -0.15) is 0 Å². The van der Waals surface area contributed by atoms with Gasteiger partial charge in [0, 0.05) is 0 Å². The van der Waals surface area contributed by atoms with Gasteiger partial charge in [0.05, 0.1) is 0 Å². The Bertz CT molecular complexity index is 99.7. The molecule has 0 spiro atoms. The van der Waals surface area contributed by atoms with Crippen LogP contribution in [0.5, 0.6) is 0 Å². The third-order valence-corrected chi connectivity index (χ3v) is 3.11. The molecule has 0 heterocycles. The van der Waals surface area contributed by atoms with E-state index < -0.39 is 0 Å². The molecule has 0 nitrogen and oxygen atoms in total. The van der Waals surface area contributed by atoms with Gasteiger partial charge in [-0.1, -0.05) is 60.8 Å². The molecule has 0 amide bonds. The molecule has 2 unspecified atom stereocenters. The zero-order valence-corrected chi connectivity index (χ0v) is 9.78. The lowest BCUT2D eigenvalue weighted by atomic mass is 9.77. The Labute approximate surface area is 78.8 Å². The van der Waals surface area contributed by atoms with E-state index >= 15 is 0 Å². The van der Waals surface area contributed by atoms with Crippen LogP contribution in [0.25, 0.3) is 0 Å². The van der Waals surface area contributed by atoms with Crippen LogP contribution in [0.2, 0.25) is 0 Å². The van der Waals surface area contributed by atoms with Gasteiger partial charge in [-0.25, -0.2) is 0 Å². The number of rotatable bonds is 0. The minimum Gasteiger partial charge on any atom is -0.0649 e. The van der Waals surface area contributed by atoms with Crippen molar-refractivity contribution in [2.24, 2.45) is 17.3 Å². The minimum atomic E-state index is 0.542. The van der Waals surface area contributed by atoms with Crippen LogP contribution in [-0.4, -0.2) is 0 Å². The summed E-state index contributed by atoms with van der Waals surface area (Å²) in [6.07, 6.45) is 4.22. The van der Waals surface area contributed by atoms with Gasteiger partial charge in [0.25, 0.3) is 0 Å². The van der Waals surface area contributed by atoms with Crippen molar-refractivity contribution < 1.29 is 0 Å². The Morgan fingerprint density at radius 2 is 1.25 bits per heavy atom. The molecule has 0 N–H and O–H groups in total. The smallest absolute Gasteiger partial charge is 0.0385 e. The van der Waals surface area contributed by atoms with Crippen molar-refractivity contribution in [1.82, 2.24) is 0 Å². The van der Waals surface area contributed by atoms with Crippen LogP contribution in [0.3, 0.4) is 0 Å². The van der Waals surface area contributed by atoms with Gasteiger partial charge >= 0.3 is 0 Å². The van der Waals surface area contributed by atoms with E-state index in [0.29, 0.717) is 5.41 Å². The molecule has 0 aromatic heterocycles. The topological polar surface area (TPSA) is 0 Å². The molecular weight excluding hydrogens is 144 g/mol. The van der Waals surface area contributed by atoms with Crippen LogP contribution in [0, 0.1) is 17.3 Å². The summed E-state index contributed by atoms with van der Waals surface area (Å²) in [6.45, 7) is 13.6. The molecule has 1 fully saturated rings. The van der Waals surface area contributed by atoms with Gasteiger partial charge in [0.15, 0.2) is 0 Å². The second-order valence-electron chi connectivity index (χ2n) is 5.45. The normalized spacial score (nSPS) is 28.5. The second kappa shape index (κ2) is 4.89. The van der Waals surface area contributed by atoms with Crippen molar-refractivity contribution in [2.45, 2.75) is 60.8 Å². The van der Waals surface area contributed by atoms with Crippen LogP contribution < -0.4 is 0 Å². The first kappa shape index (κ1) is 12.0. The zero-order chi connectivity index (χ0) is 9.78. The van der Waals surface area contributed by atoms with E-state index in [0.717, 1.165) is 11.8 Å². The van der Waals surface area contributed by atoms with Crippen molar-refractivity contribution in [3.63, 3.8) is 0 Å². The highest BCUT2D eigenvalue weighted by Gasteiger charge is 2.20. The van der Waals surface area contributed by atoms with Gasteiger partial charge in [0.1, 0.15) is 0 Å². The third kappa shape index (κ3) is 5.62. The first-order valence-electron chi connectivity index (χ1n) is 5.37. The molecule has 1 aliphatic rings. The van der Waals surface area contributed by atoms with E-state index in [1.54, 1.807) is 0 Å². The van der Waals surface area contributed by atoms with Gasteiger partial charge < -0.3 is 0 Å². The summed E-state index contributed by atoms with van der Waals surface area (Å²) in [5, 5.41) is 0. The molecule has 0 bridgehead atoms. The lowest BCUT2D eigenvalue weighted by Gasteiger charge is -2.29. The van der Waals surface area contributed by atoms with Gasteiger partial charge in [-0.05, 0) is 17.3 Å². The fourth-order valence-corrected chi connectivity index (χ4v) is 0.833. The molecule has 2 atom stereocenters. The van der Waals surface area contributed by atoms with Crippen molar-refractivity contribution >= 4 is 0 Å². The molecular formula is C12H26. The van der Waals surface area contributed by atoms with Crippen molar-refractivity contribution in [3.8, 4) is 0 Å². The van der Waals surface area contributed by atoms with Gasteiger partial charge in [-0.3, -0.25) is 0 Å². The fraction of sp³-hybridized carbons (Fsp3) is 1.00. The maximum Gasteiger partial charge on any atom is -0.0385 e. The molecule has 0 aromatic rings. The summed E-state index contributed by atoms with van der Waals surface area (Å²) in [6, 6.07) is 0. The summed E-state index contributed by atoms with van der Waals surface area (Å²) < 4.78 is 0. The van der Waals surface area contributed by atoms with Crippen LogP contribution in [0.15, 0.2) is 0 Å². The quantitative estimate of drug-likeness (QED) is 0.502. The average molecular weight is 170 g/mol. The molecule has 1 rings (SSSR count). The summed E-state index contributed by atoms with van der Waals surface area (Å²) in [5.41, 5.74) is 0.542. The van der Waals surface area contributed by atoms with E-state index in [2.05, 4.69) is 41.5 Å². The van der Waals surface area contributed by atoms with E-state index in [9.17, 15) is 0 Å². The third-order valence-electron chi connectivity index (χ3n) is 3.11. The Hall–Kier alpha value is 0. The monoisotopic (exact) mass is 170 g/mol. The second-order valence-corrected chi connectivity index (χ2v) is 5.45. The Balaban J connectivity index is 0.000000202. The van der Waals surface area contributed by atoms with E-state index in [1.165, 1.54) is 19.3 Å². The lowest BCUT2D eigenvalue weighted by molar-refractivity contribution is 0.219.